The van der Waals surface area contributed by atoms with Crippen LogP contribution >= 0.6 is 16.1 Å². The molecular weight excluding hydrogens is 302 g/mol. The number of nitro groups is 1. The summed E-state index contributed by atoms with van der Waals surface area (Å²) in [6, 6.07) is 6.45. The first kappa shape index (κ1) is 12.2. The topological polar surface area (TPSA) is 84.2 Å². The van der Waals surface area contributed by atoms with Crippen molar-refractivity contribution in [2.45, 2.75) is 0 Å². The molecule has 7 nitrogen and oxygen atoms in total. The third-order valence-corrected chi connectivity index (χ3v) is 2.55. The number of aromatic nitrogens is 2. The van der Waals surface area contributed by atoms with Crippen molar-refractivity contribution >= 4 is 33.3 Å². The van der Waals surface area contributed by atoms with Gasteiger partial charge in [0.05, 0.1) is 12.4 Å². The summed E-state index contributed by atoms with van der Waals surface area (Å²) in [5.41, 5.74) is 0.711. The Labute approximate surface area is 111 Å². The molecule has 0 amide bonds. The summed E-state index contributed by atoms with van der Waals surface area (Å²) in [5, 5.41) is 11.5. The molecule has 0 aromatic carbocycles. The molecule has 0 radical (unpaired) electrons. The van der Waals surface area contributed by atoms with E-state index < -0.39 is 5.03 Å². The van der Waals surface area contributed by atoms with E-state index in [0.29, 0.717) is 17.2 Å². The van der Waals surface area contributed by atoms with E-state index in [1.807, 2.05) is 0 Å². The molecule has 2 rings (SSSR count). The summed E-state index contributed by atoms with van der Waals surface area (Å²) >= 11 is 3.02. The van der Waals surface area contributed by atoms with Gasteiger partial charge in [-0.05, 0) is 24.3 Å². The van der Waals surface area contributed by atoms with Crippen molar-refractivity contribution in [3.8, 4) is 0 Å². The second-order valence-corrected chi connectivity index (χ2v) is 3.65. The molecular formula is C10H8BrN5O2. The zero-order chi connectivity index (χ0) is 13.0. The average Bonchev–Trinajstić information content (AvgIpc) is 2.40. The minimum Gasteiger partial charge on any atom is -0.307 e. The lowest BCUT2D eigenvalue weighted by Crippen LogP contribution is -2.24. The van der Waals surface area contributed by atoms with Gasteiger partial charge in [-0.15, -0.1) is 0 Å². The predicted octanol–water partition coefficient (Wildman–Crippen LogP) is 2.53. The van der Waals surface area contributed by atoms with Gasteiger partial charge in [0, 0.05) is 22.3 Å². The van der Waals surface area contributed by atoms with Crippen molar-refractivity contribution in [3.63, 3.8) is 0 Å². The Kier molecular flexibility index (Phi) is 3.68. The summed E-state index contributed by atoms with van der Waals surface area (Å²) in [5.74, 6) is 0.563. The Balaban J connectivity index is 2.39. The largest absolute Gasteiger partial charge is 0.307 e. The smallest absolute Gasteiger partial charge is 0.170 e. The third kappa shape index (κ3) is 2.54. The molecule has 0 aliphatic heterocycles. The monoisotopic (exact) mass is 309 g/mol. The van der Waals surface area contributed by atoms with E-state index >= 15 is 0 Å². The van der Waals surface area contributed by atoms with Crippen molar-refractivity contribution in [2.75, 3.05) is 9.35 Å². The molecule has 0 aliphatic rings. The maximum atomic E-state index is 11.1. The summed E-state index contributed by atoms with van der Waals surface area (Å²) in [6.07, 6.45) is 4.37. The predicted molar refractivity (Wildman–Crippen MR) is 70.2 cm³/mol. The normalized spacial score (nSPS) is 9.83. The van der Waals surface area contributed by atoms with Gasteiger partial charge in [-0.2, -0.15) is 0 Å². The van der Waals surface area contributed by atoms with E-state index in [9.17, 15) is 10.1 Å². The highest BCUT2D eigenvalue weighted by molar-refractivity contribution is 9.10. The lowest BCUT2D eigenvalue weighted by molar-refractivity contribution is -0.483. The number of hydrogen-bond acceptors (Lipinski definition) is 5. The van der Waals surface area contributed by atoms with Gasteiger partial charge < -0.3 is 4.34 Å². The molecule has 8 heteroatoms. The zero-order valence-corrected chi connectivity index (χ0v) is 10.6. The number of nitrogens with one attached hydrogen (secondary N) is 1. The van der Waals surface area contributed by atoms with Crippen molar-refractivity contribution < 1.29 is 5.03 Å². The van der Waals surface area contributed by atoms with Crippen LogP contribution in [0.3, 0.4) is 0 Å². The highest BCUT2D eigenvalue weighted by Gasteiger charge is 2.20. The maximum absolute atomic E-state index is 11.1. The molecule has 2 heterocycles. The van der Waals surface area contributed by atoms with Crippen LogP contribution in [-0.2, 0) is 0 Å². The van der Waals surface area contributed by atoms with Crippen LogP contribution in [0.25, 0.3) is 0 Å². The Morgan fingerprint density at radius 2 is 2.06 bits per heavy atom. The second kappa shape index (κ2) is 5.41. The highest BCUT2D eigenvalue weighted by atomic mass is 79.9. The van der Waals surface area contributed by atoms with Crippen LogP contribution in [0.15, 0.2) is 42.9 Å². The molecule has 0 fully saturated rings. The average molecular weight is 310 g/mol. The van der Waals surface area contributed by atoms with Crippen molar-refractivity contribution in [1.29, 1.82) is 0 Å². The molecule has 0 aliphatic carbocycles. The lowest BCUT2D eigenvalue weighted by atomic mass is 10.3. The number of hydrogen-bond donors (Lipinski definition) is 1. The summed E-state index contributed by atoms with van der Waals surface area (Å²) in [6.45, 7) is 0. The van der Waals surface area contributed by atoms with E-state index in [4.69, 9.17) is 0 Å². The van der Waals surface area contributed by atoms with Crippen LogP contribution < -0.4 is 9.35 Å². The first-order chi connectivity index (χ1) is 8.72. The SMILES string of the molecule is O=[N+]([O-])N(c1cccnc1)c1ccc(NBr)nc1. The van der Waals surface area contributed by atoms with Crippen molar-refractivity contribution in [2.24, 2.45) is 0 Å². The Morgan fingerprint density at radius 1 is 1.28 bits per heavy atom. The number of halogens is 1. The molecule has 2 aromatic rings. The standard InChI is InChI=1S/C10H8BrN5O2/c11-14-10-4-3-9(7-13-10)15(16(17)18)8-2-1-5-12-6-8/h1-7H,(H,13,14). The first-order valence-corrected chi connectivity index (χ1v) is 5.69. The fourth-order valence-electron chi connectivity index (χ4n) is 1.38. The molecule has 1 N–H and O–H groups in total. The van der Waals surface area contributed by atoms with Gasteiger partial charge in [0.15, 0.2) is 5.03 Å². The summed E-state index contributed by atoms with van der Waals surface area (Å²) < 4.78 is 2.66. The molecule has 2 aromatic heterocycles. The zero-order valence-electron chi connectivity index (χ0n) is 9.02. The van der Waals surface area contributed by atoms with Crippen LogP contribution in [0.2, 0.25) is 0 Å². The number of pyridine rings is 2. The maximum Gasteiger partial charge on any atom is 0.170 e. The van der Waals surface area contributed by atoms with Gasteiger partial charge in [0.25, 0.3) is 0 Å². The van der Waals surface area contributed by atoms with Crippen molar-refractivity contribution in [1.82, 2.24) is 9.97 Å². The minimum absolute atomic E-state index is 0.347. The van der Waals surface area contributed by atoms with Crippen molar-refractivity contribution in [3.05, 3.63) is 53.0 Å². The molecule has 18 heavy (non-hydrogen) atoms. The summed E-state index contributed by atoms with van der Waals surface area (Å²) in [4.78, 5) is 19.0. The molecule has 0 saturated carbocycles. The van der Waals surface area contributed by atoms with Gasteiger partial charge in [-0.3, -0.25) is 4.98 Å². The Bertz CT molecular complexity index is 534. The van der Waals surface area contributed by atoms with Gasteiger partial charge >= 0.3 is 0 Å². The van der Waals surface area contributed by atoms with E-state index in [0.717, 1.165) is 5.01 Å². The van der Waals surface area contributed by atoms with Gasteiger partial charge in [0.2, 0.25) is 0 Å². The van der Waals surface area contributed by atoms with Gasteiger partial charge in [-0.25, -0.2) is 15.1 Å². The molecule has 0 unspecified atom stereocenters. The second-order valence-electron chi connectivity index (χ2n) is 3.26. The molecule has 0 bridgehead atoms. The fraction of sp³-hybridized carbons (Fsp3) is 0. The fourth-order valence-corrected chi connectivity index (χ4v) is 1.62. The Hall–Kier alpha value is -2.22. The molecule has 0 atom stereocenters. The van der Waals surface area contributed by atoms with Crippen LogP contribution in [0.1, 0.15) is 0 Å². The molecule has 0 spiro atoms. The van der Waals surface area contributed by atoms with Crippen LogP contribution in [0.5, 0.6) is 0 Å². The molecule has 92 valence electrons. The minimum atomic E-state index is -0.519. The van der Waals surface area contributed by atoms with E-state index in [-0.39, 0.29) is 0 Å². The number of anilines is 3. The van der Waals surface area contributed by atoms with E-state index in [1.165, 1.54) is 12.4 Å². The van der Waals surface area contributed by atoms with Crippen LogP contribution in [0.4, 0.5) is 17.2 Å². The van der Waals surface area contributed by atoms with E-state index in [2.05, 4.69) is 30.5 Å². The van der Waals surface area contributed by atoms with Crippen LogP contribution in [-0.4, -0.2) is 15.0 Å². The highest BCUT2D eigenvalue weighted by Crippen LogP contribution is 2.24. The van der Waals surface area contributed by atoms with E-state index in [1.54, 1.807) is 30.5 Å². The van der Waals surface area contributed by atoms with Gasteiger partial charge in [-0.1, -0.05) is 5.01 Å². The van der Waals surface area contributed by atoms with Gasteiger partial charge in [0.1, 0.15) is 17.2 Å². The number of nitrogens with zero attached hydrogens (tertiary/aromatic N) is 4. The number of hydrazine groups is 1. The quantitative estimate of drug-likeness (QED) is 0.531. The number of rotatable bonds is 4. The third-order valence-electron chi connectivity index (χ3n) is 2.14. The van der Waals surface area contributed by atoms with Crippen LogP contribution in [0, 0.1) is 10.1 Å². The lowest BCUT2D eigenvalue weighted by Gasteiger charge is -2.13. The summed E-state index contributed by atoms with van der Waals surface area (Å²) in [7, 11) is 0. The Morgan fingerprint density at radius 3 is 2.56 bits per heavy atom. The molecule has 0 saturated heterocycles. The first-order valence-electron chi connectivity index (χ1n) is 4.89.